The molecule has 10 heteroatoms. The van der Waals surface area contributed by atoms with Gasteiger partial charge in [-0.1, -0.05) is 100 Å². The first kappa shape index (κ1) is 38.7. The van der Waals surface area contributed by atoms with E-state index in [2.05, 4.69) is 67.0 Å². The first-order valence-corrected chi connectivity index (χ1v) is 17.2. The van der Waals surface area contributed by atoms with Crippen LogP contribution in [-0.2, 0) is 32.9 Å². The van der Waals surface area contributed by atoms with Crippen molar-refractivity contribution in [2.24, 2.45) is 0 Å². The third kappa shape index (κ3) is 24.8. The van der Waals surface area contributed by atoms with Crippen molar-refractivity contribution in [2.45, 2.75) is 122 Å². The van der Waals surface area contributed by atoms with E-state index in [1.807, 2.05) is 12.2 Å². The number of hydrogen-bond donors (Lipinski definition) is 2. The highest BCUT2D eigenvalue weighted by Crippen LogP contribution is 2.36. The maximum absolute atomic E-state index is 12.2. The Kier molecular flexibility index (Phi) is 22.6. The zero-order valence-corrected chi connectivity index (χ0v) is 26.9. The van der Waals surface area contributed by atoms with Crippen LogP contribution in [0.15, 0.2) is 60.8 Å². The summed E-state index contributed by atoms with van der Waals surface area (Å²) in [5.41, 5.74) is 0. The van der Waals surface area contributed by atoms with Crippen molar-refractivity contribution in [1.82, 2.24) is 0 Å². The number of carbonyl (C=O) groups is 2. The van der Waals surface area contributed by atoms with Gasteiger partial charge in [-0.3, -0.25) is 14.1 Å². The minimum atomic E-state index is -4.76. The van der Waals surface area contributed by atoms with Gasteiger partial charge in [0.05, 0.1) is 18.8 Å². The van der Waals surface area contributed by atoms with Gasteiger partial charge in [-0.25, -0.2) is 4.57 Å². The van der Waals surface area contributed by atoms with Crippen LogP contribution in [-0.4, -0.2) is 53.3 Å². The van der Waals surface area contributed by atoms with Crippen LogP contribution in [0.2, 0.25) is 0 Å². The molecule has 0 aromatic rings. The number of unbranched alkanes of at least 4 members (excludes halogenated alkanes) is 4. The van der Waals surface area contributed by atoms with Gasteiger partial charge in [0.2, 0.25) is 0 Å². The number of ether oxygens (including phenoxy) is 3. The van der Waals surface area contributed by atoms with E-state index < -0.39 is 32.5 Å². The van der Waals surface area contributed by atoms with Crippen molar-refractivity contribution in [3.8, 4) is 0 Å². The molecule has 9 nitrogen and oxygen atoms in total. The monoisotopic (exact) mass is 624 g/mol. The number of rotatable bonds is 26. The van der Waals surface area contributed by atoms with E-state index in [1.54, 1.807) is 0 Å². The lowest BCUT2D eigenvalue weighted by molar-refractivity contribution is -0.161. The molecule has 3 atom stereocenters. The number of hydrogen-bond acceptors (Lipinski definition) is 7. The second kappa shape index (κ2) is 25.1. The highest BCUT2D eigenvalue weighted by atomic mass is 31.2. The molecule has 1 heterocycles. The molecule has 1 fully saturated rings. The fourth-order valence-electron chi connectivity index (χ4n) is 4.03. The summed E-state index contributed by atoms with van der Waals surface area (Å²) >= 11 is 0. The van der Waals surface area contributed by atoms with E-state index in [1.165, 1.54) is 0 Å². The molecule has 1 saturated heterocycles. The number of phosphoric acid groups is 1. The van der Waals surface area contributed by atoms with Crippen LogP contribution in [0.4, 0.5) is 0 Å². The van der Waals surface area contributed by atoms with Gasteiger partial charge in [0.1, 0.15) is 6.61 Å². The van der Waals surface area contributed by atoms with Crippen LogP contribution in [0.5, 0.6) is 0 Å². The Labute approximate surface area is 258 Å². The summed E-state index contributed by atoms with van der Waals surface area (Å²) in [4.78, 5) is 42.1. The Balaban J connectivity index is 2.18. The maximum Gasteiger partial charge on any atom is 0.469 e. The third-order valence-corrected chi connectivity index (χ3v) is 6.95. The fraction of sp³-hybridized carbons (Fsp3) is 0.636. The molecule has 0 aromatic heterocycles. The molecule has 2 N–H and O–H groups in total. The lowest BCUT2D eigenvalue weighted by Gasteiger charge is -2.18. The maximum atomic E-state index is 12.2. The summed E-state index contributed by atoms with van der Waals surface area (Å²) in [5.74, 6) is -1.01. The molecule has 244 valence electrons. The average molecular weight is 625 g/mol. The molecule has 43 heavy (non-hydrogen) atoms. The second-order valence-corrected chi connectivity index (χ2v) is 11.7. The lowest BCUT2D eigenvalue weighted by Crippen LogP contribution is -2.29. The Hall–Kier alpha value is -2.29. The van der Waals surface area contributed by atoms with E-state index in [9.17, 15) is 14.2 Å². The van der Waals surface area contributed by atoms with E-state index in [4.69, 9.17) is 24.0 Å². The van der Waals surface area contributed by atoms with Gasteiger partial charge in [0.15, 0.2) is 6.10 Å². The Morgan fingerprint density at radius 2 is 1.33 bits per heavy atom. The smallest absolute Gasteiger partial charge is 0.462 e. The van der Waals surface area contributed by atoms with Gasteiger partial charge < -0.3 is 24.0 Å². The van der Waals surface area contributed by atoms with Crippen molar-refractivity contribution >= 4 is 19.8 Å². The lowest BCUT2D eigenvalue weighted by atomic mass is 10.1. The van der Waals surface area contributed by atoms with Crippen LogP contribution >= 0.6 is 7.82 Å². The van der Waals surface area contributed by atoms with Gasteiger partial charge in [0.25, 0.3) is 0 Å². The molecule has 0 radical (unpaired) electrons. The minimum Gasteiger partial charge on any atom is -0.462 e. The zero-order valence-electron chi connectivity index (χ0n) is 26.0. The van der Waals surface area contributed by atoms with Crippen LogP contribution in [0.25, 0.3) is 0 Å². The van der Waals surface area contributed by atoms with Crippen LogP contribution in [0.1, 0.15) is 104 Å². The van der Waals surface area contributed by atoms with E-state index in [0.717, 1.165) is 64.2 Å². The van der Waals surface area contributed by atoms with E-state index in [-0.39, 0.29) is 19.4 Å². The third-order valence-electron chi connectivity index (χ3n) is 6.47. The number of phosphoric ester groups is 1. The van der Waals surface area contributed by atoms with Gasteiger partial charge in [-0.2, -0.15) is 0 Å². The van der Waals surface area contributed by atoms with Crippen LogP contribution < -0.4 is 0 Å². The van der Waals surface area contributed by atoms with Crippen molar-refractivity contribution in [1.29, 1.82) is 0 Å². The standard InChI is InChI=1S/C33H53O9P/c1-3-5-7-16-21-25-32(34)39-27-29(28-40-43(36,37)38)41-33(35)26-22-18-15-13-11-9-8-10-12-14-17-20-24-31-30(42-31)23-19-6-4-2/h6,9-12,15,17-20,29-31H,3-5,7-8,13-14,16,21-28H2,1-2H3,(H2,36,37,38)/b11-9-,12-10-,18-15-,19-6-,20-17-/t29-,30?,31?/m1/s1. The van der Waals surface area contributed by atoms with Gasteiger partial charge >= 0.3 is 19.8 Å². The molecule has 0 bridgehead atoms. The summed E-state index contributed by atoms with van der Waals surface area (Å²) in [6.45, 7) is 3.35. The normalized spacial score (nSPS) is 18.0. The zero-order chi connectivity index (χ0) is 31.6. The molecule has 1 aliphatic rings. The van der Waals surface area contributed by atoms with Crippen molar-refractivity contribution in [2.75, 3.05) is 13.2 Å². The largest absolute Gasteiger partial charge is 0.469 e. The first-order valence-electron chi connectivity index (χ1n) is 15.7. The van der Waals surface area contributed by atoms with Crippen molar-refractivity contribution < 1.29 is 42.7 Å². The summed E-state index contributed by atoms with van der Waals surface area (Å²) in [6.07, 6.45) is 31.9. The molecular formula is C33H53O9P. The second-order valence-electron chi connectivity index (χ2n) is 10.4. The van der Waals surface area contributed by atoms with Crippen LogP contribution in [0.3, 0.4) is 0 Å². The highest BCUT2D eigenvalue weighted by molar-refractivity contribution is 7.46. The minimum absolute atomic E-state index is 0.0810. The van der Waals surface area contributed by atoms with Gasteiger partial charge in [-0.15, -0.1) is 0 Å². The summed E-state index contributed by atoms with van der Waals surface area (Å²) in [6, 6.07) is 0. The quantitative estimate of drug-likeness (QED) is 0.0328. The number of allylic oxidation sites excluding steroid dienone is 8. The molecular weight excluding hydrogens is 571 g/mol. The predicted molar refractivity (Wildman–Crippen MR) is 169 cm³/mol. The van der Waals surface area contributed by atoms with Crippen molar-refractivity contribution in [3.63, 3.8) is 0 Å². The van der Waals surface area contributed by atoms with E-state index in [0.29, 0.717) is 25.0 Å². The SMILES string of the molecule is CC/C=C\CC1OC1C/C=C\C/C=C\C/C=C\C/C=C\CCC(=O)O[C@H](COC(=O)CCCCCCC)COP(=O)(O)O. The fourth-order valence-corrected chi connectivity index (χ4v) is 4.39. The average Bonchev–Trinajstić information content (AvgIpc) is 3.72. The molecule has 1 rings (SSSR count). The molecule has 0 amide bonds. The van der Waals surface area contributed by atoms with Crippen LogP contribution in [0, 0.1) is 0 Å². The number of esters is 2. The highest BCUT2D eigenvalue weighted by Gasteiger charge is 2.35. The summed E-state index contributed by atoms with van der Waals surface area (Å²) in [5, 5.41) is 0. The topological polar surface area (TPSA) is 132 Å². The Bertz CT molecular complexity index is 948. The molecule has 1 aliphatic heterocycles. The summed E-state index contributed by atoms with van der Waals surface area (Å²) in [7, 11) is -4.76. The molecule has 2 unspecified atom stereocenters. The molecule has 0 saturated carbocycles. The molecule has 0 spiro atoms. The van der Waals surface area contributed by atoms with Gasteiger partial charge in [0, 0.05) is 12.8 Å². The first-order chi connectivity index (χ1) is 20.7. The van der Waals surface area contributed by atoms with Gasteiger partial charge in [-0.05, 0) is 51.4 Å². The number of epoxide rings is 1. The van der Waals surface area contributed by atoms with E-state index >= 15 is 0 Å². The molecule has 0 aromatic carbocycles. The summed E-state index contributed by atoms with van der Waals surface area (Å²) < 4.78 is 31.6. The Morgan fingerprint density at radius 3 is 1.93 bits per heavy atom. The molecule has 0 aliphatic carbocycles. The predicted octanol–water partition coefficient (Wildman–Crippen LogP) is 7.60. The number of carbonyl (C=O) groups excluding carboxylic acids is 2. The van der Waals surface area contributed by atoms with Crippen molar-refractivity contribution in [3.05, 3.63) is 60.8 Å². The Morgan fingerprint density at radius 1 is 0.744 bits per heavy atom.